The molecule has 0 fully saturated rings. The second-order valence-electron chi connectivity index (χ2n) is 4.29. The summed E-state index contributed by atoms with van der Waals surface area (Å²) in [7, 11) is 0. The second-order valence-corrected chi connectivity index (χ2v) is 4.29. The lowest BCUT2D eigenvalue weighted by molar-refractivity contribution is -0.141. The Kier molecular flexibility index (Phi) is 5.41. The van der Waals surface area contributed by atoms with Gasteiger partial charge in [-0.3, -0.25) is 9.59 Å². The molecule has 1 aromatic carbocycles. The average molecular weight is 271 g/mol. The third-order valence-corrected chi connectivity index (χ3v) is 2.65. The van der Waals surface area contributed by atoms with Crippen molar-refractivity contribution in [1.82, 2.24) is 5.32 Å². The van der Waals surface area contributed by atoms with E-state index in [1.54, 1.807) is 0 Å². The number of carbonyl (C=O) groups is 2. The topological polar surface area (TPSA) is 66.4 Å². The van der Waals surface area contributed by atoms with E-state index in [1.807, 2.05) is 0 Å². The summed E-state index contributed by atoms with van der Waals surface area (Å²) in [5.41, 5.74) is 0.514. The lowest BCUT2D eigenvalue weighted by Gasteiger charge is -2.08. The molecule has 0 radical (unpaired) electrons. The molecule has 0 aliphatic carbocycles. The molecule has 0 aliphatic rings. The molecule has 0 saturated carbocycles. The van der Waals surface area contributed by atoms with Gasteiger partial charge in [0.15, 0.2) is 11.6 Å². The van der Waals surface area contributed by atoms with Crippen LogP contribution < -0.4 is 5.32 Å². The summed E-state index contributed by atoms with van der Waals surface area (Å²) in [5.74, 6) is -3.84. The number of halogens is 2. The number of hydrogen-bond acceptors (Lipinski definition) is 2. The number of nitrogens with one attached hydrogen (secondary N) is 1. The number of aryl methyl sites for hydroxylation is 1. The molecule has 1 unspecified atom stereocenters. The van der Waals surface area contributed by atoms with Crippen LogP contribution in [0.25, 0.3) is 0 Å². The molecule has 2 N–H and O–H groups in total. The van der Waals surface area contributed by atoms with Crippen LogP contribution in [0.1, 0.15) is 18.9 Å². The SMILES string of the molecule is CC(CNC(=O)CCc1ccc(F)c(F)c1)C(=O)O. The molecule has 0 saturated heterocycles. The Bertz CT molecular complexity index is 477. The first-order valence-corrected chi connectivity index (χ1v) is 5.83. The van der Waals surface area contributed by atoms with Crippen molar-refractivity contribution in [3.63, 3.8) is 0 Å². The van der Waals surface area contributed by atoms with E-state index < -0.39 is 23.5 Å². The Morgan fingerprint density at radius 1 is 1.32 bits per heavy atom. The van der Waals surface area contributed by atoms with Gasteiger partial charge in [-0.05, 0) is 24.1 Å². The third-order valence-electron chi connectivity index (χ3n) is 2.65. The maximum atomic E-state index is 12.9. The van der Waals surface area contributed by atoms with E-state index in [-0.39, 0.29) is 25.3 Å². The van der Waals surface area contributed by atoms with Gasteiger partial charge in [0.25, 0.3) is 0 Å². The summed E-state index contributed by atoms with van der Waals surface area (Å²) < 4.78 is 25.6. The molecule has 19 heavy (non-hydrogen) atoms. The number of rotatable bonds is 6. The Hall–Kier alpha value is -1.98. The lowest BCUT2D eigenvalue weighted by Crippen LogP contribution is -2.31. The molecule has 0 aliphatic heterocycles. The first-order chi connectivity index (χ1) is 8.90. The molecule has 6 heteroatoms. The molecule has 0 heterocycles. The highest BCUT2D eigenvalue weighted by Gasteiger charge is 2.12. The van der Waals surface area contributed by atoms with Gasteiger partial charge in [0.1, 0.15) is 0 Å². The maximum Gasteiger partial charge on any atom is 0.308 e. The van der Waals surface area contributed by atoms with Crippen molar-refractivity contribution in [1.29, 1.82) is 0 Å². The Labute approximate surface area is 109 Å². The maximum absolute atomic E-state index is 12.9. The van der Waals surface area contributed by atoms with Gasteiger partial charge >= 0.3 is 5.97 Å². The van der Waals surface area contributed by atoms with Crippen molar-refractivity contribution in [2.24, 2.45) is 5.92 Å². The number of carboxylic acid groups (broad SMARTS) is 1. The fourth-order valence-electron chi connectivity index (χ4n) is 1.40. The number of benzene rings is 1. The smallest absolute Gasteiger partial charge is 0.308 e. The molecule has 1 amide bonds. The number of hydrogen-bond donors (Lipinski definition) is 2. The van der Waals surface area contributed by atoms with Gasteiger partial charge < -0.3 is 10.4 Å². The predicted octanol–water partition coefficient (Wildman–Crippen LogP) is 1.73. The van der Waals surface area contributed by atoms with Crippen molar-refractivity contribution in [2.75, 3.05) is 6.54 Å². The number of carbonyl (C=O) groups excluding carboxylic acids is 1. The van der Waals surface area contributed by atoms with E-state index in [2.05, 4.69) is 5.32 Å². The zero-order valence-electron chi connectivity index (χ0n) is 10.5. The minimum absolute atomic E-state index is 0.0476. The van der Waals surface area contributed by atoms with Gasteiger partial charge in [-0.1, -0.05) is 13.0 Å². The summed E-state index contributed by atoms with van der Waals surface area (Å²) in [6.07, 6.45) is 0.363. The second kappa shape index (κ2) is 6.82. The largest absolute Gasteiger partial charge is 0.481 e. The van der Waals surface area contributed by atoms with E-state index in [4.69, 9.17) is 5.11 Å². The molecular formula is C13H15F2NO3. The number of carboxylic acids is 1. The summed E-state index contributed by atoms with van der Waals surface area (Å²) in [6, 6.07) is 3.46. The highest BCUT2D eigenvalue weighted by molar-refractivity contribution is 5.77. The third kappa shape index (κ3) is 5.03. The van der Waals surface area contributed by atoms with Crippen molar-refractivity contribution >= 4 is 11.9 Å². The molecule has 0 spiro atoms. The van der Waals surface area contributed by atoms with Crippen molar-refractivity contribution in [3.05, 3.63) is 35.4 Å². The highest BCUT2D eigenvalue weighted by atomic mass is 19.2. The van der Waals surface area contributed by atoms with Crippen LogP contribution in [0.4, 0.5) is 8.78 Å². The van der Waals surface area contributed by atoms with E-state index >= 15 is 0 Å². The van der Waals surface area contributed by atoms with Gasteiger partial charge in [0.05, 0.1) is 5.92 Å². The van der Waals surface area contributed by atoms with Crippen LogP contribution in [0.5, 0.6) is 0 Å². The van der Waals surface area contributed by atoms with Gasteiger partial charge in [0.2, 0.25) is 5.91 Å². The highest BCUT2D eigenvalue weighted by Crippen LogP contribution is 2.10. The van der Waals surface area contributed by atoms with E-state index in [0.717, 1.165) is 12.1 Å². The van der Waals surface area contributed by atoms with Crippen LogP contribution in [0, 0.1) is 17.6 Å². The minimum atomic E-state index is -0.985. The van der Waals surface area contributed by atoms with Gasteiger partial charge in [-0.2, -0.15) is 0 Å². The Morgan fingerprint density at radius 3 is 2.58 bits per heavy atom. The van der Waals surface area contributed by atoms with Gasteiger partial charge in [0, 0.05) is 13.0 Å². The zero-order valence-corrected chi connectivity index (χ0v) is 10.5. The predicted molar refractivity (Wildman–Crippen MR) is 64.5 cm³/mol. The van der Waals surface area contributed by atoms with Crippen molar-refractivity contribution in [3.8, 4) is 0 Å². The quantitative estimate of drug-likeness (QED) is 0.828. The average Bonchev–Trinajstić information content (AvgIpc) is 2.37. The number of amides is 1. The fraction of sp³-hybridized carbons (Fsp3) is 0.385. The first-order valence-electron chi connectivity index (χ1n) is 5.83. The Balaban J connectivity index is 2.37. The van der Waals surface area contributed by atoms with Crippen LogP contribution >= 0.6 is 0 Å². The molecule has 1 rings (SSSR count). The molecule has 1 aromatic rings. The van der Waals surface area contributed by atoms with Crippen molar-refractivity contribution in [2.45, 2.75) is 19.8 Å². The van der Waals surface area contributed by atoms with Gasteiger partial charge in [-0.15, -0.1) is 0 Å². The van der Waals surface area contributed by atoms with E-state index in [0.29, 0.717) is 5.56 Å². The fourth-order valence-corrected chi connectivity index (χ4v) is 1.40. The minimum Gasteiger partial charge on any atom is -0.481 e. The summed E-state index contributed by atoms with van der Waals surface area (Å²) in [4.78, 5) is 22.0. The first kappa shape index (κ1) is 15.1. The monoisotopic (exact) mass is 271 g/mol. The van der Waals surface area contributed by atoms with Crippen LogP contribution in [-0.4, -0.2) is 23.5 Å². The summed E-state index contributed by atoms with van der Waals surface area (Å²) in [6.45, 7) is 1.53. The van der Waals surface area contributed by atoms with Gasteiger partial charge in [-0.25, -0.2) is 8.78 Å². The zero-order chi connectivity index (χ0) is 14.4. The molecule has 104 valence electrons. The standard InChI is InChI=1S/C13H15F2NO3/c1-8(13(18)19)7-16-12(17)5-3-9-2-4-10(14)11(15)6-9/h2,4,6,8H,3,5,7H2,1H3,(H,16,17)(H,18,19). The molecule has 1 atom stereocenters. The Morgan fingerprint density at radius 2 is 2.00 bits per heavy atom. The molecule has 0 aromatic heterocycles. The number of aliphatic carboxylic acids is 1. The molecule has 4 nitrogen and oxygen atoms in total. The van der Waals surface area contributed by atoms with E-state index in [9.17, 15) is 18.4 Å². The van der Waals surface area contributed by atoms with Crippen molar-refractivity contribution < 1.29 is 23.5 Å². The molecule has 0 bridgehead atoms. The van der Waals surface area contributed by atoms with E-state index in [1.165, 1.54) is 13.0 Å². The van der Waals surface area contributed by atoms with Crippen LogP contribution in [0.2, 0.25) is 0 Å². The summed E-state index contributed by atoms with van der Waals surface area (Å²) >= 11 is 0. The van der Waals surface area contributed by atoms with Crippen LogP contribution in [-0.2, 0) is 16.0 Å². The lowest BCUT2D eigenvalue weighted by atomic mass is 10.1. The van der Waals surface area contributed by atoms with Crippen LogP contribution in [0.3, 0.4) is 0 Å². The summed E-state index contributed by atoms with van der Waals surface area (Å²) in [5, 5.41) is 11.1. The molecular weight excluding hydrogens is 256 g/mol. The normalized spacial score (nSPS) is 11.9. The van der Waals surface area contributed by atoms with Crippen LogP contribution in [0.15, 0.2) is 18.2 Å².